The fourth-order valence-corrected chi connectivity index (χ4v) is 11.9. The highest BCUT2D eigenvalue weighted by Gasteiger charge is 2.71. The lowest BCUT2D eigenvalue weighted by molar-refractivity contribution is -0.270. The van der Waals surface area contributed by atoms with Crippen LogP contribution in [-0.2, 0) is 42.9 Å². The molecule has 51 heavy (non-hydrogen) atoms. The SMILES string of the molecule is [C-]#[N+]C1=C[C@]2(C)C3=CC(=O)C4C5CC(C)(C)CC[C@]5(C(=O)OC5OC[C@H](C)[C@H](OC(C)=O)[C@H]5OC(C)=O)CC[C@@]4(C)[C@]3(C)CC[C@H]2C(C)(C)C1=O. The van der Waals surface area contributed by atoms with Gasteiger partial charge >= 0.3 is 17.9 Å². The standard InChI is InChI=1S/C41H55NO9/c1-22-21-48-34(32(50-24(3)44)31(22)49-23(2)43)51-35(47)41-16-14-36(4,5)19-25(41)30-27(45)18-29-38(8)20-26(42-11)33(46)37(6,7)28(38)12-13-39(29,9)40(30,10)15-17-41/h18,20,22,25,28,30-32,34H,12-17,19,21H2,1-10H3/t22-,25?,28-,30?,31-,32+,34?,38-,39+,40+,41-/m0/s1. The normalized spacial score (nSPS) is 43.7. The fraction of sp³-hybridized carbons (Fsp3) is 0.756. The van der Waals surface area contributed by atoms with E-state index in [1.807, 2.05) is 32.9 Å². The van der Waals surface area contributed by atoms with Gasteiger partial charge in [0.2, 0.25) is 18.1 Å². The van der Waals surface area contributed by atoms with Crippen molar-refractivity contribution in [2.45, 2.75) is 133 Å². The minimum absolute atomic E-state index is 0.00523. The molecular formula is C41H55NO9. The average Bonchev–Trinajstić information content (AvgIpc) is 3.02. The van der Waals surface area contributed by atoms with Gasteiger partial charge in [0.05, 0.1) is 18.6 Å². The first kappa shape index (κ1) is 37.4. The summed E-state index contributed by atoms with van der Waals surface area (Å²) in [5, 5.41) is 0. The predicted molar refractivity (Wildman–Crippen MR) is 186 cm³/mol. The van der Waals surface area contributed by atoms with E-state index < -0.39 is 69.4 Å². The number of ether oxygens (including phenoxy) is 4. The lowest BCUT2D eigenvalue weighted by Gasteiger charge is -2.69. The Labute approximate surface area is 302 Å². The number of carbonyl (C=O) groups excluding carboxylic acids is 5. The molecule has 0 aromatic heterocycles. The highest BCUT2D eigenvalue weighted by atomic mass is 16.7. The van der Waals surface area contributed by atoms with Crippen LogP contribution in [0.4, 0.5) is 0 Å². The van der Waals surface area contributed by atoms with E-state index in [0.717, 1.165) is 24.8 Å². The van der Waals surface area contributed by atoms with Crippen LogP contribution in [0.3, 0.4) is 0 Å². The molecule has 6 aliphatic rings. The number of Topliss-reactive ketones (excluding diaryl/α,β-unsaturated/α-hetero) is 1. The van der Waals surface area contributed by atoms with Crippen molar-refractivity contribution < 1.29 is 42.9 Å². The second-order valence-electron chi connectivity index (χ2n) is 18.6. The van der Waals surface area contributed by atoms with Gasteiger partial charge in [-0.3, -0.25) is 19.2 Å². The third-order valence-corrected chi connectivity index (χ3v) is 14.8. The fourth-order valence-electron chi connectivity index (χ4n) is 11.9. The Kier molecular flexibility index (Phi) is 8.89. The van der Waals surface area contributed by atoms with E-state index >= 15 is 0 Å². The van der Waals surface area contributed by atoms with Crippen molar-refractivity contribution in [2.75, 3.05) is 6.61 Å². The molecule has 10 nitrogen and oxygen atoms in total. The van der Waals surface area contributed by atoms with Gasteiger partial charge in [-0.05, 0) is 79.1 Å². The summed E-state index contributed by atoms with van der Waals surface area (Å²) in [5.41, 5.74) is -2.26. The van der Waals surface area contributed by atoms with Gasteiger partial charge in [-0.1, -0.05) is 67.0 Å². The van der Waals surface area contributed by atoms with E-state index in [2.05, 4.69) is 39.5 Å². The summed E-state index contributed by atoms with van der Waals surface area (Å²) in [6.07, 6.45) is 5.07. The second kappa shape index (κ2) is 12.1. The first-order valence-electron chi connectivity index (χ1n) is 18.7. The quantitative estimate of drug-likeness (QED) is 0.173. The minimum Gasteiger partial charge on any atom is -0.458 e. The molecule has 0 aromatic carbocycles. The number of hydrogen-bond acceptors (Lipinski definition) is 9. The van der Waals surface area contributed by atoms with Crippen molar-refractivity contribution in [1.29, 1.82) is 0 Å². The summed E-state index contributed by atoms with van der Waals surface area (Å²) < 4.78 is 23.4. The molecule has 1 heterocycles. The van der Waals surface area contributed by atoms with Crippen LogP contribution in [0.15, 0.2) is 23.4 Å². The summed E-state index contributed by atoms with van der Waals surface area (Å²) in [6.45, 7) is 27.2. The lowest BCUT2D eigenvalue weighted by atomic mass is 9.34. The number of fused-ring (bicyclic) bond motifs is 7. The van der Waals surface area contributed by atoms with Crippen LogP contribution < -0.4 is 0 Å². The molecule has 0 aromatic rings. The molecule has 0 spiro atoms. The maximum absolute atomic E-state index is 14.9. The Morgan fingerprint density at radius 1 is 0.882 bits per heavy atom. The Bertz CT molecular complexity index is 1670. The summed E-state index contributed by atoms with van der Waals surface area (Å²) in [6, 6.07) is 0. The van der Waals surface area contributed by atoms with E-state index in [-0.39, 0.29) is 47.0 Å². The largest absolute Gasteiger partial charge is 0.458 e. The number of ketones is 2. The summed E-state index contributed by atoms with van der Waals surface area (Å²) >= 11 is 0. The topological polar surface area (TPSA) is 127 Å². The van der Waals surface area contributed by atoms with Crippen molar-refractivity contribution in [2.24, 2.45) is 56.2 Å². The van der Waals surface area contributed by atoms with Gasteiger partial charge in [0, 0.05) is 36.5 Å². The van der Waals surface area contributed by atoms with E-state index in [1.54, 1.807) is 0 Å². The summed E-state index contributed by atoms with van der Waals surface area (Å²) in [4.78, 5) is 71.0. The minimum atomic E-state index is -1.28. The Balaban J connectivity index is 1.41. The van der Waals surface area contributed by atoms with Crippen LogP contribution in [0.5, 0.6) is 0 Å². The van der Waals surface area contributed by atoms with Crippen molar-refractivity contribution in [3.05, 3.63) is 34.8 Å². The first-order valence-corrected chi connectivity index (χ1v) is 18.7. The van der Waals surface area contributed by atoms with Crippen LogP contribution >= 0.6 is 0 Å². The molecule has 3 unspecified atom stereocenters. The highest BCUT2D eigenvalue weighted by Crippen LogP contribution is 2.74. The van der Waals surface area contributed by atoms with Gasteiger partial charge in [-0.25, -0.2) is 4.85 Å². The molecular weight excluding hydrogens is 650 g/mol. The Morgan fingerprint density at radius 2 is 1.51 bits per heavy atom. The molecule has 1 aliphatic heterocycles. The van der Waals surface area contributed by atoms with Crippen LogP contribution in [0.25, 0.3) is 4.85 Å². The molecule has 3 saturated carbocycles. The van der Waals surface area contributed by atoms with Crippen LogP contribution in [0.1, 0.15) is 114 Å². The van der Waals surface area contributed by atoms with E-state index in [4.69, 9.17) is 25.5 Å². The lowest BCUT2D eigenvalue weighted by Crippen LogP contribution is -2.66. The molecule has 1 saturated heterocycles. The summed E-state index contributed by atoms with van der Waals surface area (Å²) in [7, 11) is 0. The zero-order valence-corrected chi connectivity index (χ0v) is 32.0. The van der Waals surface area contributed by atoms with E-state index in [9.17, 15) is 24.0 Å². The predicted octanol–water partition coefficient (Wildman–Crippen LogP) is 6.96. The number of hydrogen-bond donors (Lipinski definition) is 0. The number of esters is 3. The molecule has 5 aliphatic carbocycles. The molecule has 0 amide bonds. The maximum Gasteiger partial charge on any atom is 0.314 e. The van der Waals surface area contributed by atoms with Crippen molar-refractivity contribution in [1.82, 2.24) is 0 Å². The molecule has 6 rings (SSSR count). The molecule has 4 fully saturated rings. The number of nitrogens with zero attached hydrogens (tertiary/aromatic N) is 1. The van der Waals surface area contributed by atoms with Gasteiger partial charge in [0.15, 0.2) is 11.6 Å². The zero-order valence-electron chi connectivity index (χ0n) is 32.0. The van der Waals surface area contributed by atoms with E-state index in [1.165, 1.54) is 13.8 Å². The molecule has 0 bridgehead atoms. The van der Waals surface area contributed by atoms with Gasteiger partial charge in [0.1, 0.15) is 6.10 Å². The number of allylic oxidation sites excluding steroid dienone is 4. The number of carbonyl (C=O) groups is 5. The second-order valence-corrected chi connectivity index (χ2v) is 18.6. The smallest absolute Gasteiger partial charge is 0.314 e. The molecule has 0 radical (unpaired) electrons. The van der Waals surface area contributed by atoms with Crippen molar-refractivity contribution in [3.8, 4) is 0 Å². The Hall–Kier alpha value is -3.32. The summed E-state index contributed by atoms with van der Waals surface area (Å²) in [5.74, 6) is -2.91. The monoisotopic (exact) mass is 705 g/mol. The molecule has 278 valence electrons. The van der Waals surface area contributed by atoms with Crippen LogP contribution in [0, 0.1) is 62.7 Å². The van der Waals surface area contributed by atoms with Crippen LogP contribution in [0.2, 0.25) is 0 Å². The van der Waals surface area contributed by atoms with Crippen LogP contribution in [-0.4, -0.2) is 54.6 Å². The first-order chi connectivity index (χ1) is 23.6. The number of rotatable bonds is 4. The van der Waals surface area contributed by atoms with Gasteiger partial charge in [-0.2, -0.15) is 0 Å². The third-order valence-electron chi connectivity index (χ3n) is 14.8. The Morgan fingerprint density at radius 3 is 2.14 bits per heavy atom. The molecule has 11 atom stereocenters. The van der Waals surface area contributed by atoms with Gasteiger partial charge in [-0.15, -0.1) is 0 Å². The van der Waals surface area contributed by atoms with Crippen molar-refractivity contribution in [3.63, 3.8) is 0 Å². The maximum atomic E-state index is 14.9. The van der Waals surface area contributed by atoms with Gasteiger partial charge < -0.3 is 23.7 Å². The molecule has 10 heteroatoms. The zero-order chi connectivity index (χ0) is 37.7. The van der Waals surface area contributed by atoms with Gasteiger partial charge in [0.25, 0.3) is 0 Å². The third kappa shape index (κ3) is 5.46. The average molecular weight is 706 g/mol. The van der Waals surface area contributed by atoms with E-state index in [0.29, 0.717) is 25.7 Å². The van der Waals surface area contributed by atoms with Crippen molar-refractivity contribution >= 4 is 29.5 Å². The molecule has 0 N–H and O–H groups in total. The highest BCUT2D eigenvalue weighted by molar-refractivity contribution is 6.03.